The molecule has 0 bridgehead atoms. The number of allylic oxidation sites excluding steroid dienone is 1. The Hall–Kier alpha value is -4.11. The summed E-state index contributed by atoms with van der Waals surface area (Å²) >= 11 is 1.49. The highest BCUT2D eigenvalue weighted by Gasteiger charge is 2.20. The predicted octanol–water partition coefficient (Wildman–Crippen LogP) is 5.95. The number of anilines is 1. The molecule has 1 heterocycles. The molecule has 9 heteroatoms. The normalized spacial score (nSPS) is 11.0. The van der Waals surface area contributed by atoms with Gasteiger partial charge in [0.05, 0.1) is 34.0 Å². The first-order chi connectivity index (χ1) is 17.0. The number of rotatable bonds is 9. The van der Waals surface area contributed by atoms with E-state index >= 15 is 0 Å². The Balaban J connectivity index is 1.50. The summed E-state index contributed by atoms with van der Waals surface area (Å²) in [7, 11) is 6.09. The van der Waals surface area contributed by atoms with Crippen LogP contribution in [0.3, 0.4) is 0 Å². The number of hydrogen-bond acceptors (Lipinski definition) is 8. The van der Waals surface area contributed by atoms with Crippen LogP contribution in [0, 0.1) is 5.82 Å². The van der Waals surface area contributed by atoms with E-state index in [1.165, 1.54) is 42.9 Å². The minimum Gasteiger partial charge on any atom is -0.494 e. The Morgan fingerprint density at radius 2 is 1.63 bits per heavy atom. The molecule has 0 saturated heterocycles. The number of carbonyl (C=O) groups excluding carboxylic acids is 1. The Labute approximate surface area is 205 Å². The van der Waals surface area contributed by atoms with E-state index in [4.69, 9.17) is 23.9 Å². The van der Waals surface area contributed by atoms with Gasteiger partial charge in [-0.15, -0.1) is 11.3 Å². The maximum Gasteiger partial charge on any atom is 0.204 e. The van der Waals surface area contributed by atoms with Crippen molar-refractivity contribution in [2.75, 3.05) is 33.8 Å². The number of ketones is 1. The van der Waals surface area contributed by atoms with Crippen molar-refractivity contribution in [1.29, 1.82) is 0 Å². The SMILES string of the molecule is COc1ccc(C(=O)/C=C\Nc2ccc(-c3nc4cc(OC)c(OC)c(OC)c4s3)cc2)cc1F. The molecule has 3 aromatic carbocycles. The Bertz CT molecular complexity index is 1400. The van der Waals surface area contributed by atoms with E-state index in [-0.39, 0.29) is 17.1 Å². The molecule has 0 spiro atoms. The van der Waals surface area contributed by atoms with Crippen molar-refractivity contribution in [2.24, 2.45) is 0 Å². The summed E-state index contributed by atoms with van der Waals surface area (Å²) in [5.74, 6) is 0.830. The van der Waals surface area contributed by atoms with Crippen molar-refractivity contribution in [3.8, 4) is 33.6 Å². The van der Waals surface area contributed by atoms with Gasteiger partial charge in [0.25, 0.3) is 0 Å². The quantitative estimate of drug-likeness (QED) is 0.228. The minimum absolute atomic E-state index is 0.0913. The number of ether oxygens (including phenoxy) is 4. The Morgan fingerprint density at radius 1 is 0.914 bits per heavy atom. The lowest BCUT2D eigenvalue weighted by Gasteiger charge is -2.11. The van der Waals surface area contributed by atoms with Crippen LogP contribution >= 0.6 is 11.3 Å². The van der Waals surface area contributed by atoms with Gasteiger partial charge < -0.3 is 24.3 Å². The number of aromatic nitrogens is 1. The topological polar surface area (TPSA) is 78.9 Å². The molecule has 7 nitrogen and oxygen atoms in total. The first kappa shape index (κ1) is 24.0. The molecule has 0 aliphatic rings. The van der Waals surface area contributed by atoms with E-state index in [1.807, 2.05) is 30.3 Å². The third-order valence-corrected chi connectivity index (χ3v) is 6.36. The van der Waals surface area contributed by atoms with Crippen LogP contribution in [0.2, 0.25) is 0 Å². The third-order valence-electron chi connectivity index (χ3n) is 5.24. The van der Waals surface area contributed by atoms with Crippen LogP contribution in [-0.2, 0) is 0 Å². The van der Waals surface area contributed by atoms with Gasteiger partial charge in [0.2, 0.25) is 5.75 Å². The van der Waals surface area contributed by atoms with Crippen molar-refractivity contribution in [2.45, 2.75) is 0 Å². The number of benzene rings is 3. The molecule has 35 heavy (non-hydrogen) atoms. The summed E-state index contributed by atoms with van der Waals surface area (Å²) in [4.78, 5) is 17.0. The maximum absolute atomic E-state index is 13.8. The van der Waals surface area contributed by atoms with Crippen molar-refractivity contribution in [3.05, 3.63) is 72.2 Å². The Morgan fingerprint density at radius 3 is 2.26 bits per heavy atom. The Kier molecular flexibility index (Phi) is 7.17. The number of halogens is 1. The number of fused-ring (bicyclic) bond motifs is 1. The van der Waals surface area contributed by atoms with Crippen molar-refractivity contribution in [1.82, 2.24) is 4.98 Å². The van der Waals surface area contributed by atoms with Crippen molar-refractivity contribution in [3.63, 3.8) is 0 Å². The zero-order valence-corrected chi connectivity index (χ0v) is 20.4. The van der Waals surface area contributed by atoms with Gasteiger partial charge >= 0.3 is 0 Å². The van der Waals surface area contributed by atoms with Crippen molar-refractivity contribution < 1.29 is 28.1 Å². The second kappa shape index (κ2) is 10.4. The molecular formula is C26H23FN2O5S. The van der Waals surface area contributed by atoms with Gasteiger partial charge in [-0.2, -0.15) is 0 Å². The molecule has 0 unspecified atom stereocenters. The van der Waals surface area contributed by atoms with E-state index in [9.17, 15) is 9.18 Å². The summed E-state index contributed by atoms with van der Waals surface area (Å²) in [6, 6.07) is 13.5. The van der Waals surface area contributed by atoms with Gasteiger partial charge in [0.1, 0.15) is 9.71 Å². The third kappa shape index (κ3) is 4.90. The molecule has 0 aliphatic carbocycles. The molecule has 1 aromatic heterocycles. The minimum atomic E-state index is -0.584. The fraction of sp³-hybridized carbons (Fsp3) is 0.154. The predicted molar refractivity (Wildman–Crippen MR) is 135 cm³/mol. The molecule has 4 rings (SSSR count). The smallest absolute Gasteiger partial charge is 0.204 e. The van der Waals surface area contributed by atoms with Gasteiger partial charge in [0, 0.05) is 35.2 Å². The average Bonchev–Trinajstić information content (AvgIpc) is 3.31. The van der Waals surface area contributed by atoms with Crippen LogP contribution in [-0.4, -0.2) is 39.2 Å². The van der Waals surface area contributed by atoms with Crippen molar-refractivity contribution >= 4 is 33.0 Å². The largest absolute Gasteiger partial charge is 0.494 e. The zero-order valence-electron chi connectivity index (χ0n) is 19.5. The highest BCUT2D eigenvalue weighted by molar-refractivity contribution is 7.22. The zero-order chi connectivity index (χ0) is 24.9. The number of methoxy groups -OCH3 is 4. The van der Waals surface area contributed by atoms with Gasteiger partial charge in [-0.25, -0.2) is 9.37 Å². The summed E-state index contributed by atoms with van der Waals surface area (Å²) in [5.41, 5.74) is 2.68. The van der Waals surface area contributed by atoms with Crippen LogP contribution in [0.15, 0.2) is 60.8 Å². The lowest BCUT2D eigenvalue weighted by Crippen LogP contribution is -1.98. The molecule has 0 saturated carbocycles. The molecule has 1 N–H and O–H groups in total. The van der Waals surface area contributed by atoms with Crippen LogP contribution in [0.4, 0.5) is 10.1 Å². The maximum atomic E-state index is 13.8. The molecule has 0 radical (unpaired) electrons. The van der Waals surface area contributed by atoms with Gasteiger partial charge in [-0.3, -0.25) is 4.79 Å². The molecule has 0 atom stereocenters. The van der Waals surface area contributed by atoms with Crippen LogP contribution in [0.5, 0.6) is 23.0 Å². The standard InChI is InChI=1S/C26H23FN2O5S/c1-31-21-10-7-16(13-18(21)27)20(30)11-12-28-17-8-5-15(6-9-17)26-29-19-14-22(32-2)23(33-3)24(34-4)25(19)35-26/h5-14,28H,1-4H3/b12-11-. The van der Waals surface area contributed by atoms with E-state index in [2.05, 4.69) is 5.32 Å². The molecular weight excluding hydrogens is 471 g/mol. The van der Waals surface area contributed by atoms with Gasteiger partial charge in [-0.1, -0.05) is 0 Å². The number of nitrogens with one attached hydrogen (secondary N) is 1. The van der Waals surface area contributed by atoms with Crippen LogP contribution < -0.4 is 24.3 Å². The number of thiazole rings is 1. The summed E-state index contributed by atoms with van der Waals surface area (Å²) < 4.78 is 36.0. The van der Waals surface area contributed by atoms with E-state index in [0.29, 0.717) is 17.2 Å². The first-order valence-corrected chi connectivity index (χ1v) is 11.3. The summed E-state index contributed by atoms with van der Waals surface area (Å²) in [6.07, 6.45) is 2.86. The monoisotopic (exact) mass is 494 g/mol. The first-order valence-electron chi connectivity index (χ1n) is 10.5. The molecule has 0 amide bonds. The van der Waals surface area contributed by atoms with Crippen LogP contribution in [0.1, 0.15) is 10.4 Å². The second-order valence-electron chi connectivity index (χ2n) is 7.28. The lowest BCUT2D eigenvalue weighted by molar-refractivity contribution is 0.104. The average molecular weight is 495 g/mol. The second-order valence-corrected chi connectivity index (χ2v) is 8.28. The van der Waals surface area contributed by atoms with Crippen LogP contribution in [0.25, 0.3) is 20.8 Å². The summed E-state index contributed by atoms with van der Waals surface area (Å²) in [5, 5.41) is 3.86. The molecule has 0 fully saturated rings. The molecule has 0 aliphatic heterocycles. The highest BCUT2D eigenvalue weighted by Crippen LogP contribution is 2.46. The molecule has 180 valence electrons. The fourth-order valence-corrected chi connectivity index (χ4v) is 4.56. The molecule has 4 aromatic rings. The number of carbonyl (C=O) groups is 1. The highest BCUT2D eigenvalue weighted by atomic mass is 32.1. The summed E-state index contributed by atoms with van der Waals surface area (Å²) in [6.45, 7) is 0. The van der Waals surface area contributed by atoms with Gasteiger partial charge in [0.15, 0.2) is 28.8 Å². The van der Waals surface area contributed by atoms with Gasteiger partial charge in [-0.05, 0) is 42.5 Å². The van der Waals surface area contributed by atoms with E-state index in [1.54, 1.807) is 21.3 Å². The van der Waals surface area contributed by atoms with E-state index in [0.717, 1.165) is 32.5 Å². The fourth-order valence-electron chi connectivity index (χ4n) is 3.49. The number of nitrogens with zero attached hydrogens (tertiary/aromatic N) is 1. The van der Waals surface area contributed by atoms with E-state index < -0.39 is 5.82 Å². The number of hydrogen-bond donors (Lipinski definition) is 1. The lowest BCUT2D eigenvalue weighted by atomic mass is 10.1.